The first-order chi connectivity index (χ1) is 17.5. The number of carbonyl (C=O) groups excluding carboxylic acids is 4. The van der Waals surface area contributed by atoms with Gasteiger partial charge in [-0.05, 0) is 12.8 Å². The molecule has 1 aliphatic rings. The largest absolute Gasteiger partial charge is 0.469 e. The van der Waals surface area contributed by atoms with Gasteiger partial charge in [0.05, 0.1) is 67.1 Å². The van der Waals surface area contributed by atoms with E-state index in [1.807, 2.05) is 0 Å². The van der Waals surface area contributed by atoms with Crippen LogP contribution in [0.5, 0.6) is 0 Å². The predicted octanol–water partition coefficient (Wildman–Crippen LogP) is 0.410. The lowest BCUT2D eigenvalue weighted by Crippen LogP contribution is -2.38. The Balaban J connectivity index is 2.46. The lowest BCUT2D eigenvalue weighted by Gasteiger charge is -2.24. The van der Waals surface area contributed by atoms with Crippen LogP contribution in [0, 0.1) is 0 Å². The topological polar surface area (TPSA) is 130 Å². The Labute approximate surface area is 213 Å². The van der Waals surface area contributed by atoms with Gasteiger partial charge in [-0.15, -0.1) is 0 Å². The van der Waals surface area contributed by atoms with E-state index in [9.17, 15) is 19.2 Å². The molecule has 0 N–H and O–H groups in total. The molecular weight excluding hydrogens is 476 g/mol. The van der Waals surface area contributed by atoms with Gasteiger partial charge in [-0.3, -0.25) is 19.2 Å². The molecule has 0 unspecified atom stereocenters. The van der Waals surface area contributed by atoms with Gasteiger partial charge in [-0.2, -0.15) is 0 Å². The van der Waals surface area contributed by atoms with Crippen LogP contribution in [0.15, 0.2) is 0 Å². The highest BCUT2D eigenvalue weighted by molar-refractivity contribution is 5.77. The quantitative estimate of drug-likeness (QED) is 0.417. The van der Waals surface area contributed by atoms with Crippen molar-refractivity contribution in [3.8, 4) is 0 Å². The van der Waals surface area contributed by atoms with E-state index in [-0.39, 0.29) is 49.4 Å². The van der Waals surface area contributed by atoms with Gasteiger partial charge in [0, 0.05) is 51.9 Å². The summed E-state index contributed by atoms with van der Waals surface area (Å²) in [6.45, 7) is 4.45. The fourth-order valence-electron chi connectivity index (χ4n) is 3.35. The number of esters is 2. The van der Waals surface area contributed by atoms with Crippen molar-refractivity contribution in [1.29, 1.82) is 0 Å². The third kappa shape index (κ3) is 15.7. The van der Waals surface area contributed by atoms with Crippen LogP contribution in [-0.2, 0) is 47.6 Å². The molecule has 0 aliphatic carbocycles. The van der Waals surface area contributed by atoms with Crippen LogP contribution in [0.25, 0.3) is 0 Å². The van der Waals surface area contributed by atoms with Gasteiger partial charge in [-0.25, -0.2) is 0 Å². The van der Waals surface area contributed by atoms with E-state index >= 15 is 0 Å². The van der Waals surface area contributed by atoms with Crippen LogP contribution < -0.4 is 0 Å². The second-order valence-corrected chi connectivity index (χ2v) is 8.07. The summed E-state index contributed by atoms with van der Waals surface area (Å²) in [6.07, 6.45) is 1.76. The Kier molecular flexibility index (Phi) is 18.4. The highest BCUT2D eigenvalue weighted by atomic mass is 16.5. The summed E-state index contributed by atoms with van der Waals surface area (Å²) >= 11 is 0. The third-order valence-electron chi connectivity index (χ3n) is 5.47. The van der Waals surface area contributed by atoms with E-state index < -0.39 is 0 Å². The van der Waals surface area contributed by atoms with Crippen molar-refractivity contribution in [3.05, 3.63) is 0 Å². The minimum atomic E-state index is -0.333. The number of nitrogens with zero attached hydrogens (tertiary/aromatic N) is 2. The van der Waals surface area contributed by atoms with Crippen LogP contribution in [0.2, 0.25) is 0 Å². The van der Waals surface area contributed by atoms with Gasteiger partial charge in [-0.1, -0.05) is 0 Å². The monoisotopic (exact) mass is 518 g/mol. The smallest absolute Gasteiger partial charge is 0.305 e. The van der Waals surface area contributed by atoms with E-state index in [4.69, 9.17) is 18.9 Å². The molecule has 1 saturated heterocycles. The van der Waals surface area contributed by atoms with E-state index in [0.29, 0.717) is 91.9 Å². The van der Waals surface area contributed by atoms with Gasteiger partial charge in [0.25, 0.3) is 0 Å². The second-order valence-electron chi connectivity index (χ2n) is 8.07. The highest BCUT2D eigenvalue weighted by Gasteiger charge is 2.16. The molecule has 1 aliphatic heterocycles. The number of ether oxygens (including phenoxy) is 6. The summed E-state index contributed by atoms with van der Waals surface area (Å²) in [5.74, 6) is -0.797. The number of hydrogen-bond acceptors (Lipinski definition) is 10. The summed E-state index contributed by atoms with van der Waals surface area (Å²) in [4.78, 5) is 51.0. The lowest BCUT2D eigenvalue weighted by atomic mass is 10.2. The van der Waals surface area contributed by atoms with Crippen molar-refractivity contribution >= 4 is 23.8 Å². The Bertz CT molecular complexity index is 572. The maximum atomic E-state index is 12.6. The zero-order valence-electron chi connectivity index (χ0n) is 21.7. The Hall–Kier alpha value is -2.28. The number of rotatable bonds is 8. The molecular formula is C24H42N2O10. The summed E-state index contributed by atoms with van der Waals surface area (Å²) in [7, 11) is 2.65. The molecule has 1 heterocycles. The normalized spacial score (nSPS) is 17.5. The van der Waals surface area contributed by atoms with Crippen molar-refractivity contribution in [2.24, 2.45) is 0 Å². The van der Waals surface area contributed by atoms with E-state index in [1.54, 1.807) is 9.80 Å². The summed E-state index contributed by atoms with van der Waals surface area (Å²) in [5.41, 5.74) is 0. The predicted molar refractivity (Wildman–Crippen MR) is 128 cm³/mol. The molecule has 12 heteroatoms. The average molecular weight is 519 g/mol. The molecule has 0 aromatic carbocycles. The molecule has 2 amide bonds. The Morgan fingerprint density at radius 3 is 1.11 bits per heavy atom. The SMILES string of the molecule is COC(=O)CCCC(=O)N1CCOCCOCCN(C(=O)CCCC(=O)OC)CCOCCOCC1. The van der Waals surface area contributed by atoms with Gasteiger partial charge < -0.3 is 38.2 Å². The standard InChI is InChI=1S/C24H42N2O10/c1-31-23(29)7-3-5-21(27)25-9-13-33-17-19-35-15-11-26(12-16-36-20-18-34-14-10-25)22(28)6-4-8-24(30)32-2/h3-20H2,1-2H3. The highest BCUT2D eigenvalue weighted by Crippen LogP contribution is 2.05. The van der Waals surface area contributed by atoms with Crippen molar-refractivity contribution in [1.82, 2.24) is 9.80 Å². The van der Waals surface area contributed by atoms with Gasteiger partial charge in [0.1, 0.15) is 0 Å². The first-order valence-corrected chi connectivity index (χ1v) is 12.5. The minimum absolute atomic E-state index is 0.0654. The van der Waals surface area contributed by atoms with Crippen molar-refractivity contribution in [2.45, 2.75) is 38.5 Å². The maximum Gasteiger partial charge on any atom is 0.305 e. The molecule has 0 radical (unpaired) electrons. The van der Waals surface area contributed by atoms with E-state index in [2.05, 4.69) is 9.47 Å². The van der Waals surface area contributed by atoms with E-state index in [0.717, 1.165) is 0 Å². The van der Waals surface area contributed by atoms with E-state index in [1.165, 1.54) is 14.2 Å². The molecule has 208 valence electrons. The van der Waals surface area contributed by atoms with Crippen molar-refractivity contribution < 1.29 is 47.6 Å². The maximum absolute atomic E-state index is 12.6. The molecule has 0 aromatic rings. The molecule has 0 atom stereocenters. The van der Waals surface area contributed by atoms with Gasteiger partial charge >= 0.3 is 11.9 Å². The van der Waals surface area contributed by atoms with Crippen molar-refractivity contribution in [3.63, 3.8) is 0 Å². The first kappa shape index (κ1) is 31.7. The minimum Gasteiger partial charge on any atom is -0.469 e. The zero-order chi connectivity index (χ0) is 26.4. The molecule has 1 rings (SSSR count). The van der Waals surface area contributed by atoms with Crippen LogP contribution in [0.1, 0.15) is 38.5 Å². The first-order valence-electron chi connectivity index (χ1n) is 12.5. The molecule has 12 nitrogen and oxygen atoms in total. The molecule has 0 spiro atoms. The summed E-state index contributed by atoms with van der Waals surface area (Å²) in [6, 6.07) is 0. The molecule has 36 heavy (non-hydrogen) atoms. The lowest BCUT2D eigenvalue weighted by molar-refractivity contribution is -0.142. The molecule has 0 saturated carbocycles. The number of methoxy groups -OCH3 is 2. The van der Waals surface area contributed by atoms with Crippen LogP contribution in [0.3, 0.4) is 0 Å². The summed E-state index contributed by atoms with van der Waals surface area (Å²) in [5, 5.41) is 0. The second kappa shape index (κ2) is 20.9. The number of amides is 2. The molecule has 1 fully saturated rings. The van der Waals surface area contributed by atoms with Crippen LogP contribution in [-0.4, -0.2) is 127 Å². The Morgan fingerprint density at radius 1 is 0.528 bits per heavy atom. The molecule has 0 aromatic heterocycles. The zero-order valence-corrected chi connectivity index (χ0v) is 21.7. The number of carbonyl (C=O) groups is 4. The Morgan fingerprint density at radius 2 is 0.833 bits per heavy atom. The van der Waals surface area contributed by atoms with Crippen molar-refractivity contribution in [2.75, 3.05) is 93.3 Å². The number of hydrogen-bond donors (Lipinski definition) is 0. The van der Waals surface area contributed by atoms with Gasteiger partial charge in [0.2, 0.25) is 11.8 Å². The summed E-state index contributed by atoms with van der Waals surface area (Å²) < 4.78 is 31.6. The molecule has 0 bridgehead atoms. The fourth-order valence-corrected chi connectivity index (χ4v) is 3.35. The average Bonchev–Trinajstić information content (AvgIpc) is 2.87. The fraction of sp³-hybridized carbons (Fsp3) is 0.833. The third-order valence-corrected chi connectivity index (χ3v) is 5.47. The van der Waals surface area contributed by atoms with Crippen LogP contribution >= 0.6 is 0 Å². The van der Waals surface area contributed by atoms with Gasteiger partial charge in [0.15, 0.2) is 0 Å². The van der Waals surface area contributed by atoms with Crippen LogP contribution in [0.4, 0.5) is 0 Å².